The number of alkyl halides is 3. The van der Waals surface area contributed by atoms with Gasteiger partial charge in [0.15, 0.2) is 0 Å². The molecule has 5 heteroatoms. The van der Waals surface area contributed by atoms with Crippen LogP contribution in [0.15, 0.2) is 24.3 Å². The predicted molar refractivity (Wildman–Crippen MR) is 68.6 cm³/mol. The molecule has 106 valence electrons. The molecule has 2 N–H and O–H groups in total. The molecular formula is C14H19F3N2. The van der Waals surface area contributed by atoms with Crippen LogP contribution >= 0.6 is 0 Å². The van der Waals surface area contributed by atoms with E-state index in [1.165, 1.54) is 6.07 Å². The van der Waals surface area contributed by atoms with Crippen LogP contribution in [0.3, 0.4) is 0 Å². The third-order valence-electron chi connectivity index (χ3n) is 3.77. The van der Waals surface area contributed by atoms with E-state index >= 15 is 0 Å². The molecular weight excluding hydrogens is 253 g/mol. The molecule has 1 aromatic rings. The molecule has 1 aliphatic heterocycles. The Bertz CT molecular complexity index is 431. The zero-order valence-corrected chi connectivity index (χ0v) is 11.0. The molecule has 1 fully saturated rings. The third kappa shape index (κ3) is 2.92. The average molecular weight is 272 g/mol. The molecule has 2 atom stereocenters. The van der Waals surface area contributed by atoms with Crippen molar-refractivity contribution in [2.24, 2.45) is 5.73 Å². The van der Waals surface area contributed by atoms with E-state index < -0.39 is 11.7 Å². The number of halogens is 3. The molecule has 19 heavy (non-hydrogen) atoms. The van der Waals surface area contributed by atoms with Crippen molar-refractivity contribution in [1.82, 2.24) is 4.90 Å². The summed E-state index contributed by atoms with van der Waals surface area (Å²) in [6.45, 7) is 3.48. The van der Waals surface area contributed by atoms with Gasteiger partial charge in [0.1, 0.15) is 0 Å². The second-order valence-corrected chi connectivity index (χ2v) is 4.96. The molecule has 1 aromatic carbocycles. The summed E-state index contributed by atoms with van der Waals surface area (Å²) in [5, 5.41) is 0. The monoisotopic (exact) mass is 272 g/mol. The van der Waals surface area contributed by atoms with Crippen molar-refractivity contribution in [3.8, 4) is 0 Å². The molecule has 1 aliphatic rings. The van der Waals surface area contributed by atoms with Gasteiger partial charge in [0.05, 0.1) is 11.6 Å². The molecule has 0 aliphatic carbocycles. The van der Waals surface area contributed by atoms with Gasteiger partial charge in [0, 0.05) is 6.04 Å². The Balaban J connectivity index is 2.44. The summed E-state index contributed by atoms with van der Waals surface area (Å²) in [7, 11) is 0. The maximum atomic E-state index is 13.1. The molecule has 0 amide bonds. The predicted octanol–water partition coefficient (Wildman–Crippen LogP) is 3.19. The number of piperidine rings is 1. The lowest BCUT2D eigenvalue weighted by Crippen LogP contribution is -2.46. The zero-order valence-electron chi connectivity index (χ0n) is 11.0. The van der Waals surface area contributed by atoms with Crippen LogP contribution in [0, 0.1) is 0 Å². The Kier molecular flexibility index (Phi) is 4.16. The van der Waals surface area contributed by atoms with Gasteiger partial charge in [0.2, 0.25) is 0 Å². The highest BCUT2D eigenvalue weighted by Crippen LogP contribution is 2.39. The maximum absolute atomic E-state index is 13.1. The molecule has 0 spiro atoms. The van der Waals surface area contributed by atoms with Crippen molar-refractivity contribution in [2.75, 3.05) is 13.1 Å². The normalized spacial score (nSPS) is 25.5. The van der Waals surface area contributed by atoms with E-state index in [1.54, 1.807) is 12.1 Å². The first-order valence-corrected chi connectivity index (χ1v) is 6.61. The van der Waals surface area contributed by atoms with Crippen LogP contribution in [0.4, 0.5) is 13.2 Å². The number of nitrogens with two attached hydrogens (primary N) is 1. The number of nitrogens with zero attached hydrogens (tertiary/aromatic N) is 1. The highest BCUT2D eigenvalue weighted by molar-refractivity contribution is 5.33. The Morgan fingerprint density at radius 2 is 2.00 bits per heavy atom. The summed E-state index contributed by atoms with van der Waals surface area (Å²) in [4.78, 5) is 2.04. The van der Waals surface area contributed by atoms with Gasteiger partial charge in [-0.05, 0) is 37.6 Å². The summed E-state index contributed by atoms with van der Waals surface area (Å²) in [5.74, 6) is 0. The minimum absolute atomic E-state index is 0.239. The molecule has 0 aromatic heterocycles. The first-order chi connectivity index (χ1) is 8.95. The minimum atomic E-state index is -4.33. The van der Waals surface area contributed by atoms with Crippen LogP contribution in [0.2, 0.25) is 0 Å². The number of likely N-dealkylation sites (N-methyl/N-ethyl adjacent to an activating group) is 1. The number of rotatable bonds is 2. The van der Waals surface area contributed by atoms with E-state index in [0.717, 1.165) is 25.5 Å². The smallest absolute Gasteiger partial charge is 0.326 e. The first kappa shape index (κ1) is 14.3. The molecule has 0 bridgehead atoms. The molecule has 0 radical (unpaired) electrons. The van der Waals surface area contributed by atoms with Crippen LogP contribution in [0.1, 0.15) is 36.9 Å². The van der Waals surface area contributed by atoms with Crippen LogP contribution in [-0.2, 0) is 6.18 Å². The van der Waals surface area contributed by atoms with E-state index in [9.17, 15) is 13.2 Å². The van der Waals surface area contributed by atoms with Crippen LogP contribution in [0.5, 0.6) is 0 Å². The third-order valence-corrected chi connectivity index (χ3v) is 3.77. The van der Waals surface area contributed by atoms with Crippen LogP contribution in [0.25, 0.3) is 0 Å². The van der Waals surface area contributed by atoms with Crippen molar-refractivity contribution < 1.29 is 13.2 Å². The quantitative estimate of drug-likeness (QED) is 0.896. The van der Waals surface area contributed by atoms with E-state index in [-0.39, 0.29) is 12.1 Å². The lowest BCUT2D eigenvalue weighted by Gasteiger charge is -2.40. The fraction of sp³-hybridized carbons (Fsp3) is 0.571. The van der Waals surface area contributed by atoms with E-state index in [2.05, 4.69) is 0 Å². The number of hydrogen-bond donors (Lipinski definition) is 1. The molecule has 2 rings (SSSR count). The van der Waals surface area contributed by atoms with Gasteiger partial charge in [-0.2, -0.15) is 13.2 Å². The van der Waals surface area contributed by atoms with Gasteiger partial charge in [0.25, 0.3) is 0 Å². The van der Waals surface area contributed by atoms with Crippen molar-refractivity contribution in [3.63, 3.8) is 0 Å². The van der Waals surface area contributed by atoms with Gasteiger partial charge in [-0.25, -0.2) is 0 Å². The summed E-state index contributed by atoms with van der Waals surface area (Å²) >= 11 is 0. The first-order valence-electron chi connectivity index (χ1n) is 6.61. The van der Waals surface area contributed by atoms with Crippen molar-refractivity contribution in [2.45, 2.75) is 38.0 Å². The second-order valence-electron chi connectivity index (χ2n) is 4.96. The summed E-state index contributed by atoms with van der Waals surface area (Å²) in [6.07, 6.45) is -2.61. The lowest BCUT2D eigenvalue weighted by molar-refractivity contribution is -0.139. The molecule has 2 unspecified atom stereocenters. The molecule has 0 saturated carbocycles. The van der Waals surface area contributed by atoms with E-state index in [1.807, 2.05) is 11.8 Å². The Morgan fingerprint density at radius 3 is 2.63 bits per heavy atom. The molecule has 2 nitrogen and oxygen atoms in total. The van der Waals surface area contributed by atoms with E-state index in [0.29, 0.717) is 12.1 Å². The summed E-state index contributed by atoms with van der Waals surface area (Å²) in [6, 6.07) is 5.21. The Labute approximate surface area is 111 Å². The average Bonchev–Trinajstić information content (AvgIpc) is 2.37. The van der Waals surface area contributed by atoms with Gasteiger partial charge < -0.3 is 5.73 Å². The van der Waals surface area contributed by atoms with Crippen molar-refractivity contribution in [1.29, 1.82) is 0 Å². The Morgan fingerprint density at radius 1 is 1.32 bits per heavy atom. The Hall–Kier alpha value is -1.07. The minimum Gasteiger partial charge on any atom is -0.326 e. The van der Waals surface area contributed by atoms with Crippen LogP contribution < -0.4 is 5.73 Å². The number of hydrogen-bond acceptors (Lipinski definition) is 2. The second kappa shape index (κ2) is 5.51. The largest absolute Gasteiger partial charge is 0.416 e. The SMILES string of the molecule is CCN1CCCC(N)C1c1ccccc1C(F)(F)F. The van der Waals surface area contributed by atoms with Crippen molar-refractivity contribution in [3.05, 3.63) is 35.4 Å². The lowest BCUT2D eigenvalue weighted by atomic mass is 9.88. The van der Waals surface area contributed by atoms with Crippen molar-refractivity contribution >= 4 is 0 Å². The maximum Gasteiger partial charge on any atom is 0.416 e. The van der Waals surface area contributed by atoms with Gasteiger partial charge in [-0.1, -0.05) is 25.1 Å². The van der Waals surface area contributed by atoms with E-state index in [4.69, 9.17) is 5.73 Å². The molecule has 1 saturated heterocycles. The highest BCUT2D eigenvalue weighted by Gasteiger charge is 2.38. The fourth-order valence-corrected chi connectivity index (χ4v) is 2.89. The summed E-state index contributed by atoms with van der Waals surface area (Å²) < 4.78 is 39.3. The van der Waals surface area contributed by atoms with Gasteiger partial charge in [-0.3, -0.25) is 4.90 Å². The highest BCUT2D eigenvalue weighted by atomic mass is 19.4. The van der Waals surface area contributed by atoms with Gasteiger partial charge >= 0.3 is 6.18 Å². The topological polar surface area (TPSA) is 29.3 Å². The van der Waals surface area contributed by atoms with Gasteiger partial charge in [-0.15, -0.1) is 0 Å². The van der Waals surface area contributed by atoms with Crippen LogP contribution in [-0.4, -0.2) is 24.0 Å². The zero-order chi connectivity index (χ0) is 14.0. The summed E-state index contributed by atoms with van der Waals surface area (Å²) in [5.41, 5.74) is 5.83. The fourth-order valence-electron chi connectivity index (χ4n) is 2.89. The number of benzene rings is 1. The standard InChI is InChI=1S/C14H19F3N2/c1-2-19-9-5-8-12(18)13(19)10-6-3-4-7-11(10)14(15,16)17/h3-4,6-7,12-13H,2,5,8-9,18H2,1H3. The molecule has 1 heterocycles. The number of likely N-dealkylation sites (tertiary alicyclic amines) is 1.